The molecule has 0 bridgehead atoms. The van der Waals surface area contributed by atoms with Crippen LogP contribution in [-0.2, 0) is 6.42 Å². The Kier molecular flexibility index (Phi) is 4.98. The smallest absolute Gasteiger partial charge is 0.170 e. The van der Waals surface area contributed by atoms with Gasteiger partial charge in [0.2, 0.25) is 0 Å². The van der Waals surface area contributed by atoms with E-state index in [0.29, 0.717) is 11.7 Å². The van der Waals surface area contributed by atoms with Crippen molar-refractivity contribution in [3.8, 4) is 0 Å². The van der Waals surface area contributed by atoms with Crippen LogP contribution in [0.5, 0.6) is 0 Å². The number of Topliss-reactive ketones (excluding diaryl/α,β-unsaturated/α-hetero) is 1. The molecule has 1 atom stereocenters. The van der Waals surface area contributed by atoms with Crippen LogP contribution in [-0.4, -0.2) is 18.9 Å². The lowest BCUT2D eigenvalue weighted by Crippen LogP contribution is -2.33. The Morgan fingerprint density at radius 1 is 1.40 bits per heavy atom. The van der Waals surface area contributed by atoms with Crippen LogP contribution < -0.4 is 5.32 Å². The minimum absolute atomic E-state index is 0.162. The van der Waals surface area contributed by atoms with Gasteiger partial charge in [-0.1, -0.05) is 45.4 Å². The number of hydrogen-bond donors (Lipinski definition) is 1. The summed E-state index contributed by atoms with van der Waals surface area (Å²) < 4.78 is 0. The van der Waals surface area contributed by atoms with E-state index in [4.69, 9.17) is 0 Å². The summed E-state index contributed by atoms with van der Waals surface area (Å²) in [6.07, 6.45) is 4.08. The topological polar surface area (TPSA) is 29.1 Å². The van der Waals surface area contributed by atoms with Crippen molar-refractivity contribution in [3.05, 3.63) is 35.4 Å². The zero-order valence-electron chi connectivity index (χ0n) is 13.0. The summed E-state index contributed by atoms with van der Waals surface area (Å²) in [5.41, 5.74) is 2.02. The van der Waals surface area contributed by atoms with Crippen molar-refractivity contribution < 1.29 is 4.79 Å². The van der Waals surface area contributed by atoms with Crippen LogP contribution in [0.15, 0.2) is 24.3 Å². The van der Waals surface area contributed by atoms with E-state index in [1.165, 1.54) is 5.56 Å². The highest BCUT2D eigenvalue weighted by atomic mass is 16.1. The molecule has 0 aromatic heterocycles. The van der Waals surface area contributed by atoms with Crippen molar-refractivity contribution >= 4 is 5.78 Å². The van der Waals surface area contributed by atoms with E-state index in [9.17, 15) is 4.79 Å². The van der Waals surface area contributed by atoms with Crippen LogP contribution in [0.1, 0.15) is 56.0 Å². The quantitative estimate of drug-likeness (QED) is 0.798. The van der Waals surface area contributed by atoms with Gasteiger partial charge in [-0.3, -0.25) is 4.79 Å². The third-order valence-corrected chi connectivity index (χ3v) is 4.29. The highest BCUT2D eigenvalue weighted by molar-refractivity contribution is 6.01. The maximum Gasteiger partial charge on any atom is 0.170 e. The predicted molar refractivity (Wildman–Crippen MR) is 84.1 cm³/mol. The summed E-state index contributed by atoms with van der Waals surface area (Å²) in [7, 11) is 0. The van der Waals surface area contributed by atoms with Crippen molar-refractivity contribution in [1.29, 1.82) is 0 Å². The van der Waals surface area contributed by atoms with Gasteiger partial charge in [0.25, 0.3) is 0 Å². The molecule has 2 heteroatoms. The van der Waals surface area contributed by atoms with Gasteiger partial charge in [-0.2, -0.15) is 0 Å². The monoisotopic (exact) mass is 273 g/mol. The summed E-state index contributed by atoms with van der Waals surface area (Å²) in [5.74, 6) is 0.966. The molecule has 1 aliphatic rings. The van der Waals surface area contributed by atoms with Gasteiger partial charge in [-0.25, -0.2) is 0 Å². The molecule has 1 aromatic carbocycles. The molecule has 0 spiro atoms. The second kappa shape index (κ2) is 6.53. The lowest BCUT2D eigenvalue weighted by atomic mass is 9.76. The first kappa shape index (κ1) is 15.2. The molecule has 2 rings (SSSR count). The molecule has 0 aliphatic carbocycles. The molecule has 0 radical (unpaired) electrons. The summed E-state index contributed by atoms with van der Waals surface area (Å²) >= 11 is 0. The molecule has 1 N–H and O–H groups in total. The molecule has 1 aromatic rings. The van der Waals surface area contributed by atoms with E-state index < -0.39 is 0 Å². The van der Waals surface area contributed by atoms with E-state index in [2.05, 4.69) is 38.2 Å². The molecule has 1 fully saturated rings. The van der Waals surface area contributed by atoms with Crippen LogP contribution >= 0.6 is 0 Å². The van der Waals surface area contributed by atoms with E-state index in [0.717, 1.165) is 44.3 Å². The largest absolute Gasteiger partial charge is 0.316 e. The lowest BCUT2D eigenvalue weighted by molar-refractivity contribution is 0.0801. The molecular formula is C18H27NO. The van der Waals surface area contributed by atoms with E-state index in [-0.39, 0.29) is 5.41 Å². The zero-order chi connectivity index (χ0) is 14.6. The van der Waals surface area contributed by atoms with Crippen molar-refractivity contribution in [2.75, 3.05) is 13.1 Å². The molecule has 1 aliphatic heterocycles. The first-order valence-corrected chi connectivity index (χ1v) is 7.92. The Bertz CT molecular complexity index is 458. The fraction of sp³-hybridized carbons (Fsp3) is 0.611. The minimum atomic E-state index is -0.162. The number of benzene rings is 1. The highest BCUT2D eigenvalue weighted by Crippen LogP contribution is 2.35. The SMILES string of the molecule is CCCC1(C(=O)c2cccc(CC(C)C)c2)CCNC1. The van der Waals surface area contributed by atoms with Gasteiger partial charge in [-0.05, 0) is 43.4 Å². The maximum atomic E-state index is 13.0. The van der Waals surface area contributed by atoms with Gasteiger partial charge < -0.3 is 5.32 Å². The van der Waals surface area contributed by atoms with Gasteiger partial charge >= 0.3 is 0 Å². The molecule has 1 heterocycles. The van der Waals surface area contributed by atoms with Crippen molar-refractivity contribution in [2.24, 2.45) is 11.3 Å². The van der Waals surface area contributed by atoms with Crippen LogP contribution in [0.4, 0.5) is 0 Å². The van der Waals surface area contributed by atoms with Gasteiger partial charge in [0.15, 0.2) is 5.78 Å². The van der Waals surface area contributed by atoms with Crippen molar-refractivity contribution in [2.45, 2.75) is 46.5 Å². The third-order valence-electron chi connectivity index (χ3n) is 4.29. The van der Waals surface area contributed by atoms with Crippen LogP contribution in [0, 0.1) is 11.3 Å². The molecule has 1 saturated heterocycles. The number of nitrogens with one attached hydrogen (secondary N) is 1. The molecule has 110 valence electrons. The summed E-state index contributed by atoms with van der Waals surface area (Å²) in [5, 5.41) is 3.37. The Hall–Kier alpha value is -1.15. The van der Waals surface area contributed by atoms with Crippen LogP contribution in [0.3, 0.4) is 0 Å². The summed E-state index contributed by atoms with van der Waals surface area (Å²) in [6.45, 7) is 8.41. The average molecular weight is 273 g/mol. The Morgan fingerprint density at radius 2 is 2.20 bits per heavy atom. The van der Waals surface area contributed by atoms with Gasteiger partial charge in [0, 0.05) is 17.5 Å². The molecule has 20 heavy (non-hydrogen) atoms. The first-order chi connectivity index (χ1) is 9.57. The van der Waals surface area contributed by atoms with Gasteiger partial charge in [0.05, 0.1) is 0 Å². The fourth-order valence-corrected chi connectivity index (χ4v) is 3.36. The average Bonchev–Trinajstić information content (AvgIpc) is 2.87. The second-order valence-corrected chi connectivity index (χ2v) is 6.58. The number of ketones is 1. The molecular weight excluding hydrogens is 246 g/mol. The highest BCUT2D eigenvalue weighted by Gasteiger charge is 2.40. The first-order valence-electron chi connectivity index (χ1n) is 7.92. The van der Waals surface area contributed by atoms with Crippen molar-refractivity contribution in [1.82, 2.24) is 5.32 Å². The Morgan fingerprint density at radius 3 is 2.80 bits per heavy atom. The molecule has 2 nitrogen and oxygen atoms in total. The van der Waals surface area contributed by atoms with E-state index in [1.807, 2.05) is 12.1 Å². The maximum absolute atomic E-state index is 13.0. The lowest BCUT2D eigenvalue weighted by Gasteiger charge is -2.26. The Labute approximate surface area is 123 Å². The number of hydrogen-bond acceptors (Lipinski definition) is 2. The standard InChI is InChI=1S/C18H27NO/c1-4-8-18(9-10-19-13-18)17(20)16-7-5-6-15(12-16)11-14(2)3/h5-7,12,14,19H,4,8-11,13H2,1-3H3. The fourth-order valence-electron chi connectivity index (χ4n) is 3.36. The Balaban J connectivity index is 2.23. The number of carbonyl (C=O) groups excluding carboxylic acids is 1. The third kappa shape index (κ3) is 3.29. The number of rotatable bonds is 6. The second-order valence-electron chi connectivity index (χ2n) is 6.58. The van der Waals surface area contributed by atoms with E-state index in [1.54, 1.807) is 0 Å². The zero-order valence-corrected chi connectivity index (χ0v) is 13.0. The van der Waals surface area contributed by atoms with Crippen molar-refractivity contribution in [3.63, 3.8) is 0 Å². The predicted octanol–water partition coefficient (Wildman–Crippen LogP) is 3.85. The minimum Gasteiger partial charge on any atom is -0.316 e. The molecule has 1 unspecified atom stereocenters. The summed E-state index contributed by atoms with van der Waals surface area (Å²) in [6, 6.07) is 8.27. The van der Waals surface area contributed by atoms with Crippen LogP contribution in [0.2, 0.25) is 0 Å². The van der Waals surface area contributed by atoms with Gasteiger partial charge in [0.1, 0.15) is 0 Å². The summed E-state index contributed by atoms with van der Waals surface area (Å²) in [4.78, 5) is 13.0. The molecule has 0 amide bonds. The number of carbonyl (C=O) groups is 1. The van der Waals surface area contributed by atoms with Gasteiger partial charge in [-0.15, -0.1) is 0 Å². The van der Waals surface area contributed by atoms with E-state index >= 15 is 0 Å². The normalized spacial score (nSPS) is 22.4. The molecule has 0 saturated carbocycles. The van der Waals surface area contributed by atoms with Crippen LogP contribution in [0.25, 0.3) is 0 Å².